The molecular formula is C14H26N4. The molecule has 4 heteroatoms. The van der Waals surface area contributed by atoms with Gasteiger partial charge in [-0.1, -0.05) is 19.3 Å². The first-order valence-corrected chi connectivity index (χ1v) is 7.62. The van der Waals surface area contributed by atoms with Crippen LogP contribution in [0.4, 0.5) is 0 Å². The normalized spacial score (nSPS) is 38.6. The highest BCUT2D eigenvalue weighted by atomic mass is 15.4. The molecule has 0 aromatic rings. The second kappa shape index (κ2) is 5.47. The predicted octanol–water partition coefficient (Wildman–Crippen LogP) is 1.33. The Bertz CT molecular complexity index is 309. The van der Waals surface area contributed by atoms with Crippen molar-refractivity contribution in [3.05, 3.63) is 0 Å². The van der Waals surface area contributed by atoms with E-state index in [9.17, 15) is 0 Å². The first-order valence-electron chi connectivity index (χ1n) is 7.62. The molecule has 0 aromatic carbocycles. The molecule has 18 heavy (non-hydrogen) atoms. The predicted molar refractivity (Wildman–Crippen MR) is 74.9 cm³/mol. The second-order valence-electron chi connectivity index (χ2n) is 6.02. The van der Waals surface area contributed by atoms with Crippen molar-refractivity contribution >= 4 is 5.96 Å². The lowest BCUT2D eigenvalue weighted by Gasteiger charge is -2.28. The molecule has 2 heterocycles. The Morgan fingerprint density at radius 1 is 1.17 bits per heavy atom. The number of aliphatic imine (C=N–C) groups is 1. The Balaban J connectivity index is 1.58. The Kier molecular flexibility index (Phi) is 3.73. The van der Waals surface area contributed by atoms with Crippen molar-refractivity contribution in [2.45, 2.75) is 63.1 Å². The van der Waals surface area contributed by atoms with E-state index in [1.165, 1.54) is 51.5 Å². The van der Waals surface area contributed by atoms with Gasteiger partial charge in [0.2, 0.25) is 0 Å². The molecule has 0 spiro atoms. The van der Waals surface area contributed by atoms with Gasteiger partial charge in [0.15, 0.2) is 5.96 Å². The van der Waals surface area contributed by atoms with E-state index in [0.29, 0.717) is 18.1 Å². The highest BCUT2D eigenvalue weighted by Crippen LogP contribution is 2.26. The van der Waals surface area contributed by atoms with Gasteiger partial charge < -0.3 is 15.5 Å². The third-order valence-electron chi connectivity index (χ3n) is 4.75. The zero-order valence-electron chi connectivity index (χ0n) is 11.5. The maximum Gasteiger partial charge on any atom is 0.194 e. The fraction of sp³-hybridized carbons (Fsp3) is 0.929. The average Bonchev–Trinajstić information content (AvgIpc) is 2.75. The van der Waals surface area contributed by atoms with Crippen molar-refractivity contribution in [3.8, 4) is 0 Å². The summed E-state index contributed by atoms with van der Waals surface area (Å²) >= 11 is 0. The molecule has 2 N–H and O–H groups in total. The first kappa shape index (κ1) is 12.3. The van der Waals surface area contributed by atoms with E-state index in [4.69, 9.17) is 4.99 Å². The van der Waals surface area contributed by atoms with Crippen molar-refractivity contribution in [2.24, 2.45) is 4.99 Å². The lowest BCUT2D eigenvalue weighted by Crippen LogP contribution is -2.38. The summed E-state index contributed by atoms with van der Waals surface area (Å²) in [5.74, 6) is 1.14. The van der Waals surface area contributed by atoms with Gasteiger partial charge in [-0.25, -0.2) is 0 Å². The van der Waals surface area contributed by atoms with E-state index in [-0.39, 0.29) is 0 Å². The zero-order chi connectivity index (χ0) is 12.4. The molecule has 3 aliphatic rings. The molecule has 0 bridgehead atoms. The van der Waals surface area contributed by atoms with Crippen molar-refractivity contribution in [1.29, 1.82) is 0 Å². The molecule has 3 atom stereocenters. The van der Waals surface area contributed by atoms with Crippen LogP contribution < -0.4 is 10.6 Å². The van der Waals surface area contributed by atoms with Crippen molar-refractivity contribution < 1.29 is 0 Å². The number of likely N-dealkylation sites (N-methyl/N-ethyl adjacent to an activating group) is 1. The molecule has 0 aromatic heterocycles. The minimum atomic E-state index is 0.601. The summed E-state index contributed by atoms with van der Waals surface area (Å²) in [6, 6.07) is 1.95. The monoisotopic (exact) mass is 250 g/mol. The first-order chi connectivity index (χ1) is 8.84. The average molecular weight is 250 g/mol. The Morgan fingerprint density at radius 3 is 2.78 bits per heavy atom. The number of hydrogen-bond donors (Lipinski definition) is 2. The molecule has 1 saturated carbocycles. The lowest BCUT2D eigenvalue weighted by molar-refractivity contribution is 0.278. The van der Waals surface area contributed by atoms with E-state index >= 15 is 0 Å². The molecule has 102 valence electrons. The van der Waals surface area contributed by atoms with Gasteiger partial charge in [0.1, 0.15) is 0 Å². The van der Waals surface area contributed by atoms with E-state index < -0.39 is 0 Å². The van der Waals surface area contributed by atoms with Crippen LogP contribution in [0.3, 0.4) is 0 Å². The number of nitrogens with zero attached hydrogens (tertiary/aromatic N) is 2. The third-order valence-corrected chi connectivity index (χ3v) is 4.75. The van der Waals surface area contributed by atoms with Gasteiger partial charge >= 0.3 is 0 Å². The smallest absolute Gasteiger partial charge is 0.194 e. The van der Waals surface area contributed by atoms with Crippen LogP contribution in [-0.2, 0) is 0 Å². The van der Waals surface area contributed by atoms with Gasteiger partial charge in [-0.2, -0.15) is 0 Å². The summed E-state index contributed by atoms with van der Waals surface area (Å²) in [6.45, 7) is 2.11. The molecule has 4 nitrogen and oxygen atoms in total. The number of hydrogen-bond acceptors (Lipinski definition) is 2. The fourth-order valence-corrected chi connectivity index (χ4v) is 3.60. The van der Waals surface area contributed by atoms with Crippen LogP contribution in [0.1, 0.15) is 44.9 Å². The van der Waals surface area contributed by atoms with Gasteiger partial charge in [0, 0.05) is 19.1 Å². The molecule has 1 aliphatic carbocycles. The van der Waals surface area contributed by atoms with E-state index in [1.54, 1.807) is 0 Å². The molecule has 0 radical (unpaired) electrons. The van der Waals surface area contributed by atoms with Crippen LogP contribution in [0.25, 0.3) is 0 Å². The standard InChI is InChI=1S/C14H26N4/c1-18-13-8-3-2-7-12(13)17-14(18)16-10-11-6-4-5-9-15-11/h11-13,15H,2-10H2,1H3,(H,16,17). The summed E-state index contributed by atoms with van der Waals surface area (Å²) in [5, 5.41) is 7.20. The van der Waals surface area contributed by atoms with Gasteiger partial charge in [0.05, 0.1) is 12.6 Å². The van der Waals surface area contributed by atoms with E-state index in [1.807, 2.05) is 0 Å². The molecule has 2 saturated heterocycles. The minimum absolute atomic E-state index is 0.601. The maximum atomic E-state index is 4.82. The fourth-order valence-electron chi connectivity index (χ4n) is 3.60. The van der Waals surface area contributed by atoms with Crippen LogP contribution in [0.15, 0.2) is 4.99 Å². The SMILES string of the molecule is CN1C(=NCC2CCCCN2)NC2CCCCC21. The van der Waals surface area contributed by atoms with Gasteiger partial charge in [-0.05, 0) is 32.2 Å². The summed E-state index contributed by atoms with van der Waals surface area (Å²) in [6.07, 6.45) is 9.37. The summed E-state index contributed by atoms with van der Waals surface area (Å²) in [5.41, 5.74) is 0. The van der Waals surface area contributed by atoms with Crippen molar-refractivity contribution in [1.82, 2.24) is 15.5 Å². The molecular weight excluding hydrogens is 224 g/mol. The summed E-state index contributed by atoms with van der Waals surface area (Å²) in [4.78, 5) is 7.20. The summed E-state index contributed by atoms with van der Waals surface area (Å²) in [7, 11) is 2.20. The lowest BCUT2D eigenvalue weighted by atomic mass is 9.91. The van der Waals surface area contributed by atoms with Crippen LogP contribution in [-0.4, -0.2) is 49.1 Å². The largest absolute Gasteiger partial charge is 0.351 e. The number of guanidine groups is 1. The number of fused-ring (bicyclic) bond motifs is 1. The highest BCUT2D eigenvalue weighted by molar-refractivity contribution is 5.82. The third kappa shape index (κ3) is 2.48. The number of rotatable bonds is 2. The Labute approximate surface area is 110 Å². The minimum Gasteiger partial charge on any atom is -0.351 e. The topological polar surface area (TPSA) is 39.7 Å². The molecule has 2 aliphatic heterocycles. The van der Waals surface area contributed by atoms with Crippen LogP contribution >= 0.6 is 0 Å². The van der Waals surface area contributed by atoms with Crippen LogP contribution in [0.5, 0.6) is 0 Å². The zero-order valence-corrected chi connectivity index (χ0v) is 11.5. The second-order valence-corrected chi connectivity index (χ2v) is 6.02. The highest BCUT2D eigenvalue weighted by Gasteiger charge is 2.36. The maximum absolute atomic E-state index is 4.82. The molecule has 0 amide bonds. The van der Waals surface area contributed by atoms with Crippen LogP contribution in [0.2, 0.25) is 0 Å². The van der Waals surface area contributed by atoms with Gasteiger partial charge in [-0.15, -0.1) is 0 Å². The van der Waals surface area contributed by atoms with Gasteiger partial charge in [-0.3, -0.25) is 4.99 Å². The van der Waals surface area contributed by atoms with Crippen LogP contribution in [0, 0.1) is 0 Å². The van der Waals surface area contributed by atoms with E-state index in [0.717, 1.165) is 12.5 Å². The molecule has 3 fully saturated rings. The Hall–Kier alpha value is -0.770. The Morgan fingerprint density at radius 2 is 2.00 bits per heavy atom. The molecule has 3 unspecified atom stereocenters. The molecule has 3 rings (SSSR count). The number of piperidine rings is 1. The quantitative estimate of drug-likeness (QED) is 0.777. The number of nitrogens with one attached hydrogen (secondary N) is 2. The van der Waals surface area contributed by atoms with Crippen molar-refractivity contribution in [2.75, 3.05) is 20.1 Å². The summed E-state index contributed by atoms with van der Waals surface area (Å²) < 4.78 is 0. The van der Waals surface area contributed by atoms with Crippen molar-refractivity contribution in [3.63, 3.8) is 0 Å². The van der Waals surface area contributed by atoms with E-state index in [2.05, 4.69) is 22.6 Å². The van der Waals surface area contributed by atoms with Gasteiger partial charge in [0.25, 0.3) is 0 Å².